The van der Waals surface area contributed by atoms with Crippen LogP contribution in [0.15, 0.2) is 152 Å². The molecular weight excluding hydrogens is 587 g/mol. The lowest BCUT2D eigenvalue weighted by molar-refractivity contribution is 0.667. The second-order valence-corrected chi connectivity index (χ2v) is 14.4. The summed E-state index contributed by atoms with van der Waals surface area (Å²) in [6.45, 7) is 4.85. The van der Waals surface area contributed by atoms with E-state index in [1.807, 2.05) is 11.3 Å². The second-order valence-electron chi connectivity index (χ2n) is 13.3. The molecule has 8 aromatic carbocycles. The fourth-order valence-electron chi connectivity index (χ4n) is 8.35. The van der Waals surface area contributed by atoms with Crippen molar-refractivity contribution in [1.29, 1.82) is 0 Å². The maximum absolute atomic E-state index is 2.50. The van der Waals surface area contributed by atoms with Crippen LogP contribution in [0.5, 0.6) is 0 Å². The summed E-state index contributed by atoms with van der Waals surface area (Å²) in [5.41, 5.74) is 8.90. The fraction of sp³-hybridized carbons (Fsp3) is 0.0667. The summed E-state index contributed by atoms with van der Waals surface area (Å²) in [5.74, 6) is 0. The molecule has 0 saturated heterocycles. The van der Waals surface area contributed by atoms with E-state index in [9.17, 15) is 0 Å². The maximum atomic E-state index is 2.50. The molecule has 10 rings (SSSR count). The molecule has 9 aromatic rings. The predicted molar refractivity (Wildman–Crippen MR) is 204 cm³/mol. The molecule has 0 spiro atoms. The normalized spacial score (nSPS) is 13.5. The van der Waals surface area contributed by atoms with Crippen molar-refractivity contribution in [3.05, 3.63) is 163 Å². The Kier molecular flexibility index (Phi) is 5.57. The zero-order valence-electron chi connectivity index (χ0n) is 26.3. The Morgan fingerprint density at radius 1 is 0.426 bits per heavy atom. The van der Waals surface area contributed by atoms with Crippen molar-refractivity contribution in [3.63, 3.8) is 0 Å². The second kappa shape index (κ2) is 9.78. The van der Waals surface area contributed by atoms with Gasteiger partial charge < -0.3 is 4.90 Å². The van der Waals surface area contributed by atoms with Gasteiger partial charge >= 0.3 is 0 Å². The van der Waals surface area contributed by atoms with Crippen molar-refractivity contribution < 1.29 is 0 Å². The Balaban J connectivity index is 1.32. The standard InChI is InChI=1S/C45H31NS/c1-45(2)38-27-39(46(28-14-4-3-5-15-28)29-24-25-41-37(26-29)33-19-12-13-23-40(33)47-41)32-18-8-10-21-35(32)42(38)43-34-20-9-6-16-30(34)31-17-7-11-22-36(31)44(43)45/h3-27H,1-2H3. The topological polar surface area (TPSA) is 3.24 Å². The number of hydrogen-bond acceptors (Lipinski definition) is 2. The number of fused-ring (bicyclic) bond motifs is 13. The van der Waals surface area contributed by atoms with Crippen molar-refractivity contribution in [2.24, 2.45) is 0 Å². The molecule has 2 heteroatoms. The number of para-hydroxylation sites is 1. The SMILES string of the molecule is CC1(C)c2cc(N(c3ccccc3)c3ccc4sc5ccccc5c4c3)c3ccccc3c2-c2c1c1ccccc1c1ccccc21. The Hall–Kier alpha value is -5.44. The van der Waals surface area contributed by atoms with Gasteiger partial charge in [-0.05, 0) is 91.6 Å². The number of anilines is 3. The van der Waals surface area contributed by atoms with E-state index in [1.165, 1.54) is 86.1 Å². The lowest BCUT2D eigenvalue weighted by Crippen LogP contribution is -2.17. The van der Waals surface area contributed by atoms with Gasteiger partial charge in [0.15, 0.2) is 0 Å². The molecule has 1 aromatic heterocycles. The molecule has 0 aliphatic heterocycles. The highest BCUT2D eigenvalue weighted by Gasteiger charge is 2.40. The molecule has 0 radical (unpaired) electrons. The molecule has 222 valence electrons. The van der Waals surface area contributed by atoms with E-state index >= 15 is 0 Å². The van der Waals surface area contributed by atoms with Gasteiger partial charge in [-0.3, -0.25) is 0 Å². The molecule has 0 N–H and O–H groups in total. The van der Waals surface area contributed by atoms with E-state index in [4.69, 9.17) is 0 Å². The number of thiophene rings is 1. The monoisotopic (exact) mass is 617 g/mol. The maximum Gasteiger partial charge on any atom is 0.0543 e. The highest BCUT2D eigenvalue weighted by molar-refractivity contribution is 7.25. The third-order valence-corrected chi connectivity index (χ3v) is 11.5. The molecule has 0 amide bonds. The molecule has 0 atom stereocenters. The predicted octanol–water partition coefficient (Wildman–Crippen LogP) is 13.3. The first kappa shape index (κ1) is 26.7. The summed E-state index contributed by atoms with van der Waals surface area (Å²) in [5, 5.41) is 10.5. The van der Waals surface area contributed by atoms with Crippen LogP contribution in [0.2, 0.25) is 0 Å². The molecule has 47 heavy (non-hydrogen) atoms. The lowest BCUT2D eigenvalue weighted by Gasteiger charge is -2.30. The number of hydrogen-bond donors (Lipinski definition) is 0. The van der Waals surface area contributed by atoms with Crippen molar-refractivity contribution in [2.45, 2.75) is 19.3 Å². The first-order chi connectivity index (χ1) is 23.1. The molecule has 0 fully saturated rings. The Morgan fingerprint density at radius 2 is 0.979 bits per heavy atom. The zero-order chi connectivity index (χ0) is 31.3. The molecule has 0 saturated carbocycles. The Bertz CT molecular complexity index is 2720. The summed E-state index contributed by atoms with van der Waals surface area (Å²) in [6.07, 6.45) is 0. The molecule has 1 aliphatic rings. The highest BCUT2D eigenvalue weighted by atomic mass is 32.1. The van der Waals surface area contributed by atoms with Crippen LogP contribution in [0.25, 0.3) is 63.6 Å². The summed E-state index contributed by atoms with van der Waals surface area (Å²) in [6, 6.07) is 56.2. The van der Waals surface area contributed by atoms with Crippen LogP contribution in [-0.4, -0.2) is 0 Å². The fourth-order valence-corrected chi connectivity index (χ4v) is 9.43. The van der Waals surface area contributed by atoms with Gasteiger partial charge in [-0.25, -0.2) is 0 Å². The van der Waals surface area contributed by atoms with Gasteiger partial charge in [-0.1, -0.05) is 123 Å². The molecule has 0 unspecified atom stereocenters. The minimum atomic E-state index is -0.205. The zero-order valence-corrected chi connectivity index (χ0v) is 27.1. The van der Waals surface area contributed by atoms with Crippen LogP contribution >= 0.6 is 11.3 Å². The first-order valence-corrected chi connectivity index (χ1v) is 17.2. The van der Waals surface area contributed by atoms with Crippen molar-refractivity contribution in [1.82, 2.24) is 0 Å². The van der Waals surface area contributed by atoms with Gasteiger partial charge in [0.05, 0.1) is 5.69 Å². The van der Waals surface area contributed by atoms with E-state index in [0.717, 1.165) is 5.69 Å². The van der Waals surface area contributed by atoms with Crippen molar-refractivity contribution in [2.75, 3.05) is 4.90 Å². The van der Waals surface area contributed by atoms with Gasteiger partial charge in [0.1, 0.15) is 0 Å². The van der Waals surface area contributed by atoms with E-state index in [1.54, 1.807) is 0 Å². The average Bonchev–Trinajstić information content (AvgIpc) is 3.61. The third kappa shape index (κ3) is 3.71. The molecule has 1 heterocycles. The lowest BCUT2D eigenvalue weighted by atomic mass is 9.79. The van der Waals surface area contributed by atoms with Crippen LogP contribution in [-0.2, 0) is 5.41 Å². The minimum Gasteiger partial charge on any atom is -0.310 e. The summed E-state index contributed by atoms with van der Waals surface area (Å²) < 4.78 is 2.64. The quantitative estimate of drug-likeness (QED) is 0.178. The number of nitrogens with zero attached hydrogens (tertiary/aromatic N) is 1. The van der Waals surface area contributed by atoms with Crippen LogP contribution in [0.1, 0.15) is 25.0 Å². The first-order valence-electron chi connectivity index (χ1n) is 16.4. The molecule has 0 bridgehead atoms. The summed E-state index contributed by atoms with van der Waals surface area (Å²) in [7, 11) is 0. The molecular formula is C45H31NS. The molecule has 1 nitrogen and oxygen atoms in total. The van der Waals surface area contributed by atoms with E-state index < -0.39 is 0 Å². The van der Waals surface area contributed by atoms with Gasteiger partial charge in [-0.2, -0.15) is 0 Å². The van der Waals surface area contributed by atoms with Crippen LogP contribution in [0.4, 0.5) is 17.1 Å². The van der Waals surface area contributed by atoms with E-state index in [2.05, 4.69) is 170 Å². The van der Waals surface area contributed by atoms with Gasteiger partial charge in [0.25, 0.3) is 0 Å². The van der Waals surface area contributed by atoms with E-state index in [-0.39, 0.29) is 5.41 Å². The van der Waals surface area contributed by atoms with E-state index in [0.29, 0.717) is 0 Å². The Morgan fingerprint density at radius 3 is 1.72 bits per heavy atom. The van der Waals surface area contributed by atoms with Crippen molar-refractivity contribution >= 4 is 80.9 Å². The summed E-state index contributed by atoms with van der Waals surface area (Å²) >= 11 is 1.87. The summed E-state index contributed by atoms with van der Waals surface area (Å²) in [4.78, 5) is 2.48. The van der Waals surface area contributed by atoms with Crippen LogP contribution in [0.3, 0.4) is 0 Å². The van der Waals surface area contributed by atoms with Crippen LogP contribution < -0.4 is 4.90 Å². The van der Waals surface area contributed by atoms with Gasteiger partial charge in [0.2, 0.25) is 0 Å². The Labute approximate surface area is 278 Å². The third-order valence-electron chi connectivity index (χ3n) is 10.4. The van der Waals surface area contributed by atoms with Crippen molar-refractivity contribution in [3.8, 4) is 11.1 Å². The largest absolute Gasteiger partial charge is 0.310 e. The minimum absolute atomic E-state index is 0.205. The van der Waals surface area contributed by atoms with Gasteiger partial charge in [0, 0.05) is 42.3 Å². The average molecular weight is 618 g/mol. The van der Waals surface area contributed by atoms with Gasteiger partial charge in [-0.15, -0.1) is 11.3 Å². The highest BCUT2D eigenvalue weighted by Crippen LogP contribution is 2.58. The number of benzene rings is 8. The number of rotatable bonds is 3. The van der Waals surface area contributed by atoms with Crippen LogP contribution in [0, 0.1) is 0 Å². The molecule has 1 aliphatic carbocycles. The smallest absolute Gasteiger partial charge is 0.0543 e.